The third-order valence-electron chi connectivity index (χ3n) is 4.72. The second-order valence-corrected chi connectivity index (χ2v) is 6.90. The quantitative estimate of drug-likeness (QED) is 0.709. The third-order valence-corrected chi connectivity index (χ3v) is 4.72. The molecule has 0 aliphatic carbocycles. The van der Waals surface area contributed by atoms with Crippen molar-refractivity contribution in [3.05, 3.63) is 65.2 Å². The fourth-order valence-electron chi connectivity index (χ4n) is 3.00. The molecule has 0 aromatic heterocycles. The van der Waals surface area contributed by atoms with E-state index < -0.39 is 0 Å². The summed E-state index contributed by atoms with van der Waals surface area (Å²) in [5.41, 5.74) is 4.27. The van der Waals surface area contributed by atoms with Gasteiger partial charge in [0, 0.05) is 25.1 Å². The average Bonchev–Trinajstić information content (AvgIpc) is 2.66. The smallest absolute Gasteiger partial charge is 0.229 e. The molecule has 0 aliphatic heterocycles. The number of rotatable bonds is 9. The van der Waals surface area contributed by atoms with Gasteiger partial charge < -0.3 is 10.2 Å². The second-order valence-electron chi connectivity index (χ2n) is 6.90. The standard InChI is InChI=1S/C23H30N2O2/c1-4-5-14-22(26)24-16-15-23(27)25(21-13-9-7-11-19(21)3)17-20-12-8-6-10-18(20)2/h6-13H,4-5,14-17H2,1-3H3,(H,24,26). The lowest BCUT2D eigenvalue weighted by molar-refractivity contribution is -0.121. The first-order chi connectivity index (χ1) is 13.0. The fraction of sp³-hybridized carbons (Fsp3) is 0.391. The Morgan fingerprint density at radius 1 is 0.926 bits per heavy atom. The first kappa shape index (κ1) is 20.7. The van der Waals surface area contributed by atoms with Gasteiger partial charge in [0.2, 0.25) is 11.8 Å². The van der Waals surface area contributed by atoms with Gasteiger partial charge in [-0.05, 0) is 43.0 Å². The molecule has 4 heteroatoms. The van der Waals surface area contributed by atoms with Crippen LogP contribution in [0.2, 0.25) is 0 Å². The number of hydrogen-bond acceptors (Lipinski definition) is 2. The van der Waals surface area contributed by atoms with Gasteiger partial charge in [-0.15, -0.1) is 0 Å². The topological polar surface area (TPSA) is 49.4 Å². The summed E-state index contributed by atoms with van der Waals surface area (Å²) < 4.78 is 0. The van der Waals surface area contributed by atoms with Crippen molar-refractivity contribution in [3.8, 4) is 0 Å². The second kappa shape index (κ2) is 10.5. The molecule has 0 aliphatic rings. The molecule has 2 rings (SSSR count). The van der Waals surface area contributed by atoms with Gasteiger partial charge in [-0.25, -0.2) is 0 Å². The molecular formula is C23H30N2O2. The molecule has 0 saturated heterocycles. The molecule has 0 atom stereocenters. The van der Waals surface area contributed by atoms with Gasteiger partial charge in [-0.1, -0.05) is 55.8 Å². The average molecular weight is 367 g/mol. The zero-order valence-corrected chi connectivity index (χ0v) is 16.6. The summed E-state index contributed by atoms with van der Waals surface area (Å²) in [4.78, 5) is 26.6. The Balaban J connectivity index is 2.10. The van der Waals surface area contributed by atoms with E-state index in [1.165, 1.54) is 0 Å². The Kier molecular flexibility index (Phi) is 8.05. The summed E-state index contributed by atoms with van der Waals surface area (Å²) in [5, 5.41) is 2.86. The van der Waals surface area contributed by atoms with Crippen LogP contribution in [-0.4, -0.2) is 18.4 Å². The van der Waals surface area contributed by atoms with Crippen LogP contribution in [0.5, 0.6) is 0 Å². The minimum atomic E-state index is 0.0170. The summed E-state index contributed by atoms with van der Waals surface area (Å²) in [6.07, 6.45) is 2.68. The van der Waals surface area contributed by atoms with Gasteiger partial charge in [-0.3, -0.25) is 9.59 Å². The SMILES string of the molecule is CCCCC(=O)NCCC(=O)N(Cc1ccccc1C)c1ccccc1C. The van der Waals surface area contributed by atoms with Crippen molar-refractivity contribution in [2.75, 3.05) is 11.4 Å². The fourth-order valence-corrected chi connectivity index (χ4v) is 3.00. The number of aryl methyl sites for hydroxylation is 2. The molecule has 0 bridgehead atoms. The van der Waals surface area contributed by atoms with Gasteiger partial charge in [0.25, 0.3) is 0 Å². The van der Waals surface area contributed by atoms with E-state index in [-0.39, 0.29) is 18.2 Å². The minimum Gasteiger partial charge on any atom is -0.356 e. The summed E-state index contributed by atoms with van der Waals surface area (Å²) in [6.45, 7) is 7.03. The van der Waals surface area contributed by atoms with Crippen LogP contribution < -0.4 is 10.2 Å². The maximum absolute atomic E-state index is 13.0. The Morgan fingerprint density at radius 2 is 1.59 bits per heavy atom. The normalized spacial score (nSPS) is 10.5. The molecule has 1 N–H and O–H groups in total. The monoisotopic (exact) mass is 366 g/mol. The van der Waals surface area contributed by atoms with Crippen molar-refractivity contribution in [1.82, 2.24) is 5.32 Å². The molecule has 0 radical (unpaired) electrons. The van der Waals surface area contributed by atoms with Crippen LogP contribution in [0.25, 0.3) is 0 Å². The molecule has 2 amide bonds. The molecule has 4 nitrogen and oxygen atoms in total. The van der Waals surface area contributed by atoms with E-state index in [4.69, 9.17) is 0 Å². The Bertz CT molecular complexity index is 770. The van der Waals surface area contributed by atoms with Crippen molar-refractivity contribution >= 4 is 17.5 Å². The van der Waals surface area contributed by atoms with E-state index in [0.29, 0.717) is 19.5 Å². The number of nitrogens with one attached hydrogen (secondary N) is 1. The highest BCUT2D eigenvalue weighted by Gasteiger charge is 2.18. The Hall–Kier alpha value is -2.62. The van der Waals surface area contributed by atoms with E-state index in [9.17, 15) is 9.59 Å². The number of amides is 2. The van der Waals surface area contributed by atoms with Gasteiger partial charge in [0.05, 0.1) is 6.54 Å². The zero-order valence-electron chi connectivity index (χ0n) is 16.6. The third kappa shape index (κ3) is 6.24. The number of para-hydroxylation sites is 1. The van der Waals surface area contributed by atoms with Gasteiger partial charge >= 0.3 is 0 Å². The first-order valence-electron chi connectivity index (χ1n) is 9.70. The van der Waals surface area contributed by atoms with Crippen LogP contribution in [0.4, 0.5) is 5.69 Å². The Morgan fingerprint density at radius 3 is 2.26 bits per heavy atom. The molecule has 0 spiro atoms. The molecule has 27 heavy (non-hydrogen) atoms. The van der Waals surface area contributed by atoms with Crippen molar-refractivity contribution in [2.45, 2.75) is 53.0 Å². The van der Waals surface area contributed by atoms with Gasteiger partial charge in [0.1, 0.15) is 0 Å². The Labute approximate surface area is 162 Å². The molecule has 0 saturated carbocycles. The molecule has 0 heterocycles. The summed E-state index contributed by atoms with van der Waals surface area (Å²) in [5.74, 6) is 0.0364. The maximum atomic E-state index is 13.0. The molecule has 2 aromatic rings. The van der Waals surface area contributed by atoms with Crippen LogP contribution in [0.15, 0.2) is 48.5 Å². The largest absolute Gasteiger partial charge is 0.356 e. The number of hydrogen-bond donors (Lipinski definition) is 1. The van der Waals surface area contributed by atoms with Gasteiger partial charge in [-0.2, -0.15) is 0 Å². The predicted octanol–water partition coefficient (Wildman–Crippen LogP) is 4.53. The highest BCUT2D eigenvalue weighted by Crippen LogP contribution is 2.23. The van der Waals surface area contributed by atoms with Crippen LogP contribution in [-0.2, 0) is 16.1 Å². The van der Waals surface area contributed by atoms with E-state index in [1.54, 1.807) is 0 Å². The number of carbonyl (C=O) groups excluding carboxylic acids is 2. The lowest BCUT2D eigenvalue weighted by Crippen LogP contribution is -2.34. The van der Waals surface area contributed by atoms with E-state index >= 15 is 0 Å². The molecule has 2 aromatic carbocycles. The minimum absolute atomic E-state index is 0.0170. The number of carbonyl (C=O) groups is 2. The van der Waals surface area contributed by atoms with Gasteiger partial charge in [0.15, 0.2) is 0 Å². The highest BCUT2D eigenvalue weighted by molar-refractivity contribution is 5.94. The number of nitrogens with zero attached hydrogens (tertiary/aromatic N) is 1. The number of unbranched alkanes of at least 4 members (excludes halogenated alkanes) is 1. The molecular weight excluding hydrogens is 336 g/mol. The van der Waals surface area contributed by atoms with E-state index in [2.05, 4.69) is 31.3 Å². The lowest BCUT2D eigenvalue weighted by atomic mass is 10.1. The maximum Gasteiger partial charge on any atom is 0.229 e. The molecule has 0 fully saturated rings. The van der Waals surface area contributed by atoms with Crippen LogP contribution >= 0.6 is 0 Å². The summed E-state index contributed by atoms with van der Waals surface area (Å²) in [6, 6.07) is 16.0. The number of benzene rings is 2. The van der Waals surface area contributed by atoms with Crippen LogP contribution in [0, 0.1) is 13.8 Å². The highest BCUT2D eigenvalue weighted by atomic mass is 16.2. The number of anilines is 1. The van der Waals surface area contributed by atoms with Crippen LogP contribution in [0.1, 0.15) is 49.3 Å². The lowest BCUT2D eigenvalue weighted by Gasteiger charge is -2.25. The predicted molar refractivity (Wildman–Crippen MR) is 111 cm³/mol. The van der Waals surface area contributed by atoms with Crippen LogP contribution in [0.3, 0.4) is 0 Å². The molecule has 0 unspecified atom stereocenters. The van der Waals surface area contributed by atoms with Crippen molar-refractivity contribution < 1.29 is 9.59 Å². The van der Waals surface area contributed by atoms with Crippen molar-refractivity contribution in [3.63, 3.8) is 0 Å². The zero-order chi connectivity index (χ0) is 19.6. The van der Waals surface area contributed by atoms with Crippen molar-refractivity contribution in [2.24, 2.45) is 0 Å². The van der Waals surface area contributed by atoms with Crippen molar-refractivity contribution in [1.29, 1.82) is 0 Å². The summed E-state index contributed by atoms with van der Waals surface area (Å²) >= 11 is 0. The van der Waals surface area contributed by atoms with E-state index in [0.717, 1.165) is 35.2 Å². The molecule has 144 valence electrons. The first-order valence-corrected chi connectivity index (χ1v) is 9.70. The summed E-state index contributed by atoms with van der Waals surface area (Å²) in [7, 11) is 0. The van der Waals surface area contributed by atoms with E-state index in [1.807, 2.05) is 48.2 Å².